The zero-order valence-corrected chi connectivity index (χ0v) is 12.3. The summed E-state index contributed by atoms with van der Waals surface area (Å²) in [5, 5.41) is 0. The predicted octanol–water partition coefficient (Wildman–Crippen LogP) is 4.57. The molecule has 0 aromatic heterocycles. The second kappa shape index (κ2) is 6.23. The Bertz CT molecular complexity index is 541. The van der Waals surface area contributed by atoms with Crippen LogP contribution in [0.1, 0.15) is 42.0 Å². The summed E-state index contributed by atoms with van der Waals surface area (Å²) in [4.78, 5) is 2.65. The van der Waals surface area contributed by atoms with Crippen LogP contribution in [0.3, 0.4) is 0 Å². The molecule has 0 spiro atoms. The molecule has 2 aromatic carbocycles. The molecule has 0 saturated carbocycles. The van der Waals surface area contributed by atoms with E-state index in [0.717, 1.165) is 0 Å². The van der Waals surface area contributed by atoms with Crippen molar-refractivity contribution in [3.8, 4) is 0 Å². The predicted molar refractivity (Wildman–Crippen MR) is 84.9 cm³/mol. The molecule has 0 radical (unpaired) electrons. The number of hydrogen-bond donors (Lipinski definition) is 0. The van der Waals surface area contributed by atoms with Crippen molar-refractivity contribution in [1.82, 2.24) is 4.90 Å². The van der Waals surface area contributed by atoms with E-state index in [4.69, 9.17) is 0 Å². The lowest BCUT2D eigenvalue weighted by Gasteiger charge is -2.36. The quantitative estimate of drug-likeness (QED) is 0.785. The number of aryl methyl sites for hydroxylation is 1. The van der Waals surface area contributed by atoms with E-state index >= 15 is 0 Å². The second-order valence-corrected chi connectivity index (χ2v) is 5.77. The van der Waals surface area contributed by atoms with Crippen LogP contribution in [0.5, 0.6) is 0 Å². The van der Waals surface area contributed by atoms with Crippen LogP contribution in [-0.2, 0) is 0 Å². The van der Waals surface area contributed by atoms with Crippen molar-refractivity contribution in [1.29, 1.82) is 0 Å². The van der Waals surface area contributed by atoms with Gasteiger partial charge in [-0.15, -0.1) is 0 Å². The minimum Gasteiger partial charge on any atom is -0.292 e. The van der Waals surface area contributed by atoms with E-state index in [1.165, 1.54) is 49.0 Å². The van der Waals surface area contributed by atoms with Crippen molar-refractivity contribution in [2.75, 3.05) is 13.1 Å². The first-order valence-electron chi connectivity index (χ1n) is 7.71. The first-order chi connectivity index (χ1) is 9.86. The van der Waals surface area contributed by atoms with E-state index in [-0.39, 0.29) is 0 Å². The van der Waals surface area contributed by atoms with Gasteiger partial charge in [0.1, 0.15) is 0 Å². The molecule has 20 heavy (non-hydrogen) atoms. The Labute approximate surface area is 122 Å². The average Bonchev–Trinajstić information content (AvgIpc) is 2.52. The normalized spacial score (nSPS) is 17.9. The molecule has 104 valence electrons. The maximum atomic E-state index is 2.65. The molecule has 1 aliphatic rings. The number of hydrogen-bond acceptors (Lipinski definition) is 1. The van der Waals surface area contributed by atoms with E-state index < -0.39 is 0 Å². The molecule has 1 atom stereocenters. The van der Waals surface area contributed by atoms with Crippen molar-refractivity contribution >= 4 is 0 Å². The van der Waals surface area contributed by atoms with E-state index in [1.54, 1.807) is 0 Å². The van der Waals surface area contributed by atoms with Crippen molar-refractivity contribution in [2.45, 2.75) is 32.2 Å². The summed E-state index contributed by atoms with van der Waals surface area (Å²) in [5.41, 5.74) is 4.27. The Morgan fingerprint density at radius 2 is 1.45 bits per heavy atom. The minimum atomic E-state index is 0.415. The fourth-order valence-electron chi connectivity index (χ4n) is 3.29. The van der Waals surface area contributed by atoms with Crippen LogP contribution in [0.2, 0.25) is 0 Å². The van der Waals surface area contributed by atoms with Gasteiger partial charge in [-0.25, -0.2) is 0 Å². The largest absolute Gasteiger partial charge is 0.292 e. The van der Waals surface area contributed by atoms with Gasteiger partial charge in [-0.2, -0.15) is 0 Å². The molecule has 0 aliphatic carbocycles. The highest BCUT2D eigenvalue weighted by molar-refractivity contribution is 5.36. The third-order valence-corrected chi connectivity index (χ3v) is 4.35. The molecule has 3 rings (SSSR count). The number of benzene rings is 2. The molecule has 1 aliphatic heterocycles. The molecular weight excluding hydrogens is 242 g/mol. The van der Waals surface area contributed by atoms with E-state index in [9.17, 15) is 0 Å². The lowest BCUT2D eigenvalue weighted by Crippen LogP contribution is -2.34. The van der Waals surface area contributed by atoms with E-state index in [2.05, 4.69) is 66.4 Å². The monoisotopic (exact) mass is 265 g/mol. The summed E-state index contributed by atoms with van der Waals surface area (Å²) in [6.45, 7) is 4.66. The maximum Gasteiger partial charge on any atom is 0.0604 e. The van der Waals surface area contributed by atoms with Gasteiger partial charge in [0, 0.05) is 0 Å². The Hall–Kier alpha value is -1.60. The highest BCUT2D eigenvalue weighted by Crippen LogP contribution is 2.32. The molecular formula is C19H23N. The Balaban J connectivity index is 2.01. The minimum absolute atomic E-state index is 0.415. The van der Waals surface area contributed by atoms with Crippen LogP contribution in [0.4, 0.5) is 0 Å². The smallest absolute Gasteiger partial charge is 0.0604 e. The summed E-state index contributed by atoms with van der Waals surface area (Å²) in [6, 6.07) is 20.2. The highest BCUT2D eigenvalue weighted by atomic mass is 15.2. The standard InChI is InChI=1S/C19H23N/c1-16-10-6-7-13-18(16)19(17-11-4-2-5-12-17)20-14-8-3-9-15-20/h2,4-7,10-13,19H,3,8-9,14-15H2,1H3. The van der Waals surface area contributed by atoms with Gasteiger partial charge in [0.25, 0.3) is 0 Å². The molecule has 1 heterocycles. The van der Waals surface area contributed by atoms with Crippen molar-refractivity contribution in [3.05, 3.63) is 71.3 Å². The van der Waals surface area contributed by atoms with Crippen LogP contribution in [-0.4, -0.2) is 18.0 Å². The van der Waals surface area contributed by atoms with Gasteiger partial charge < -0.3 is 0 Å². The fourth-order valence-corrected chi connectivity index (χ4v) is 3.29. The van der Waals surface area contributed by atoms with Gasteiger partial charge in [-0.3, -0.25) is 4.90 Å². The molecule has 2 aromatic rings. The lowest BCUT2D eigenvalue weighted by atomic mass is 9.92. The van der Waals surface area contributed by atoms with Crippen LogP contribution in [0, 0.1) is 6.92 Å². The van der Waals surface area contributed by atoms with Gasteiger partial charge in [0.05, 0.1) is 6.04 Å². The summed E-state index contributed by atoms with van der Waals surface area (Å²) in [7, 11) is 0. The van der Waals surface area contributed by atoms with Crippen molar-refractivity contribution < 1.29 is 0 Å². The zero-order valence-electron chi connectivity index (χ0n) is 12.3. The Kier molecular flexibility index (Phi) is 4.17. The average molecular weight is 265 g/mol. The molecule has 0 amide bonds. The number of likely N-dealkylation sites (tertiary alicyclic amines) is 1. The van der Waals surface area contributed by atoms with Gasteiger partial charge in [0.2, 0.25) is 0 Å². The first-order valence-corrected chi connectivity index (χ1v) is 7.71. The van der Waals surface area contributed by atoms with Crippen LogP contribution >= 0.6 is 0 Å². The molecule has 1 heteroatoms. The summed E-state index contributed by atoms with van der Waals surface area (Å²) >= 11 is 0. The van der Waals surface area contributed by atoms with Crippen LogP contribution in [0.15, 0.2) is 54.6 Å². The third-order valence-electron chi connectivity index (χ3n) is 4.35. The van der Waals surface area contributed by atoms with Crippen LogP contribution in [0.25, 0.3) is 0 Å². The third kappa shape index (κ3) is 2.78. The molecule has 0 N–H and O–H groups in total. The molecule has 1 nitrogen and oxygen atoms in total. The van der Waals surface area contributed by atoms with Gasteiger partial charge >= 0.3 is 0 Å². The molecule has 1 fully saturated rings. The number of rotatable bonds is 3. The van der Waals surface area contributed by atoms with Crippen molar-refractivity contribution in [3.63, 3.8) is 0 Å². The summed E-state index contributed by atoms with van der Waals surface area (Å²) < 4.78 is 0. The first kappa shape index (κ1) is 13.4. The molecule has 1 unspecified atom stereocenters. The SMILES string of the molecule is Cc1ccccc1C(c1ccccc1)N1CCCCC1. The van der Waals surface area contributed by atoms with Crippen molar-refractivity contribution in [2.24, 2.45) is 0 Å². The van der Waals surface area contributed by atoms with Gasteiger partial charge in [-0.1, -0.05) is 61.0 Å². The summed E-state index contributed by atoms with van der Waals surface area (Å²) in [6.07, 6.45) is 4.04. The second-order valence-electron chi connectivity index (χ2n) is 5.77. The molecule has 1 saturated heterocycles. The maximum absolute atomic E-state index is 2.65. The Morgan fingerprint density at radius 3 is 2.15 bits per heavy atom. The Morgan fingerprint density at radius 1 is 0.800 bits per heavy atom. The highest BCUT2D eigenvalue weighted by Gasteiger charge is 2.24. The topological polar surface area (TPSA) is 3.24 Å². The zero-order chi connectivity index (χ0) is 13.8. The lowest BCUT2D eigenvalue weighted by molar-refractivity contribution is 0.187. The number of piperidine rings is 1. The summed E-state index contributed by atoms with van der Waals surface area (Å²) in [5.74, 6) is 0. The van der Waals surface area contributed by atoms with E-state index in [1.807, 2.05) is 0 Å². The number of nitrogens with zero attached hydrogens (tertiary/aromatic N) is 1. The van der Waals surface area contributed by atoms with Gasteiger partial charge in [-0.05, 0) is 49.5 Å². The van der Waals surface area contributed by atoms with Crippen LogP contribution < -0.4 is 0 Å². The fraction of sp³-hybridized carbons (Fsp3) is 0.368. The van der Waals surface area contributed by atoms with E-state index in [0.29, 0.717) is 6.04 Å². The van der Waals surface area contributed by atoms with Gasteiger partial charge in [0.15, 0.2) is 0 Å². The molecule has 0 bridgehead atoms.